The third-order valence-corrected chi connectivity index (χ3v) is 6.25. The normalized spacial score (nSPS) is 17.9. The molecule has 0 unspecified atom stereocenters. The van der Waals surface area contributed by atoms with Gasteiger partial charge < -0.3 is 15.5 Å². The summed E-state index contributed by atoms with van der Waals surface area (Å²) in [4.78, 5) is 21.7. The molecule has 11 heteroatoms. The highest BCUT2D eigenvalue weighted by Gasteiger charge is 2.33. The summed E-state index contributed by atoms with van der Waals surface area (Å²) in [5.74, 6) is 0.0703. The molecule has 2 aromatic heterocycles. The molecule has 1 amide bonds. The number of anilines is 2. The molecule has 2 aliphatic heterocycles. The van der Waals surface area contributed by atoms with E-state index in [9.17, 15) is 14.4 Å². The van der Waals surface area contributed by atoms with E-state index in [2.05, 4.69) is 21.4 Å². The predicted molar refractivity (Wildman–Crippen MR) is 117 cm³/mol. The zero-order valence-corrected chi connectivity index (χ0v) is 18.3. The van der Waals surface area contributed by atoms with Crippen LogP contribution in [0.5, 0.6) is 0 Å². The van der Waals surface area contributed by atoms with Gasteiger partial charge in [0.15, 0.2) is 17.5 Å². The lowest BCUT2D eigenvalue weighted by Gasteiger charge is -2.38. The molecule has 0 spiro atoms. The third kappa shape index (κ3) is 3.34. The van der Waals surface area contributed by atoms with Crippen molar-refractivity contribution >= 4 is 17.5 Å². The van der Waals surface area contributed by atoms with Crippen LogP contribution in [0.4, 0.5) is 16.0 Å². The van der Waals surface area contributed by atoms with Gasteiger partial charge in [0.1, 0.15) is 17.6 Å². The minimum Gasteiger partial charge on any atom is -0.379 e. The second-order valence-corrected chi connectivity index (χ2v) is 8.35. The van der Waals surface area contributed by atoms with Gasteiger partial charge in [-0.05, 0) is 43.0 Å². The third-order valence-electron chi connectivity index (χ3n) is 6.25. The molecule has 3 aromatic rings. The Labute approximate surface area is 189 Å². The zero-order valence-electron chi connectivity index (χ0n) is 18.3. The number of halogens is 1. The number of piperidine rings is 1. The Morgan fingerprint density at radius 2 is 2.06 bits per heavy atom. The molecule has 2 bridgehead atoms. The quantitative estimate of drug-likeness (QED) is 0.555. The van der Waals surface area contributed by atoms with Gasteiger partial charge in [-0.15, -0.1) is 10.2 Å². The summed E-state index contributed by atoms with van der Waals surface area (Å²) < 4.78 is 15.8. The first-order valence-corrected chi connectivity index (χ1v) is 10.7. The fourth-order valence-electron chi connectivity index (χ4n) is 4.71. The van der Waals surface area contributed by atoms with Crippen molar-refractivity contribution in [2.75, 3.05) is 24.2 Å². The van der Waals surface area contributed by atoms with Gasteiger partial charge >= 0.3 is 0 Å². The van der Waals surface area contributed by atoms with Gasteiger partial charge in [0.25, 0.3) is 5.91 Å². The van der Waals surface area contributed by atoms with Crippen molar-refractivity contribution in [2.24, 2.45) is 7.05 Å². The first-order valence-electron chi connectivity index (χ1n) is 10.7. The number of hydrogen-bond acceptors (Lipinski definition) is 8. The Kier molecular flexibility index (Phi) is 4.92. The number of nitrogens with zero attached hydrogens (tertiary/aromatic N) is 8. The second-order valence-electron chi connectivity index (χ2n) is 8.35. The number of rotatable bonds is 0. The first-order chi connectivity index (χ1) is 15.9. The van der Waals surface area contributed by atoms with Crippen LogP contribution in [0.3, 0.4) is 0 Å². The molecular weight excluding hydrogens is 425 g/mol. The van der Waals surface area contributed by atoms with Crippen LogP contribution in [0.15, 0.2) is 18.2 Å². The summed E-state index contributed by atoms with van der Waals surface area (Å²) in [6.45, 7) is 0.718. The van der Waals surface area contributed by atoms with E-state index in [0.29, 0.717) is 41.2 Å². The van der Waals surface area contributed by atoms with E-state index in [0.717, 1.165) is 12.8 Å². The fourth-order valence-corrected chi connectivity index (χ4v) is 4.71. The lowest BCUT2D eigenvalue weighted by Crippen LogP contribution is -2.37. The van der Waals surface area contributed by atoms with Crippen LogP contribution in [0.25, 0.3) is 11.4 Å². The molecule has 1 atom stereocenters. The van der Waals surface area contributed by atoms with E-state index in [4.69, 9.17) is 10.7 Å². The van der Waals surface area contributed by atoms with E-state index in [-0.39, 0.29) is 35.8 Å². The summed E-state index contributed by atoms with van der Waals surface area (Å²) in [5.41, 5.74) is 8.34. The number of hydrogen-bond donors (Lipinski definition) is 1. The number of nitrogens with two attached hydrogens (primary N) is 1. The highest BCUT2D eigenvalue weighted by molar-refractivity contribution is 5.96. The van der Waals surface area contributed by atoms with E-state index in [1.165, 1.54) is 27.8 Å². The number of benzene rings is 1. The number of carbonyl (C=O) groups is 1. The molecule has 0 radical (unpaired) electrons. The molecule has 5 rings (SSSR count). The van der Waals surface area contributed by atoms with Gasteiger partial charge in [0.05, 0.1) is 23.8 Å². The molecule has 1 aromatic carbocycles. The number of nitrogen functional groups attached to an aromatic ring is 1. The highest BCUT2D eigenvalue weighted by atomic mass is 19.1. The number of aryl methyl sites for hydroxylation is 1. The average Bonchev–Trinajstić information content (AvgIpc) is 3.12. The number of nitriles is 1. The van der Waals surface area contributed by atoms with Crippen LogP contribution < -0.4 is 10.6 Å². The standard InChI is InChI=1S/C22H22FN9O/c1-30-11-15-18(17(10-24)31(2)29-15)20-26-21(19(25)27-28-20)32-8-4-3-5-16(32)14-9-12(23)6-7-13(14)22(30)33/h6-7,9,16H,3-5,8,11H2,1-2H3,(H2,25,27)/t16-/m1/s1. The molecule has 4 heterocycles. The predicted octanol–water partition coefficient (Wildman–Crippen LogP) is 2.18. The van der Waals surface area contributed by atoms with E-state index < -0.39 is 5.82 Å². The van der Waals surface area contributed by atoms with Crippen LogP contribution in [-0.2, 0) is 13.6 Å². The zero-order chi connectivity index (χ0) is 23.3. The van der Waals surface area contributed by atoms with Gasteiger partial charge in [-0.3, -0.25) is 9.48 Å². The maximum atomic E-state index is 14.4. The first kappa shape index (κ1) is 20.8. The Balaban J connectivity index is 1.81. The minimum absolute atomic E-state index is 0.109. The smallest absolute Gasteiger partial charge is 0.254 e. The maximum absolute atomic E-state index is 14.4. The number of carbonyl (C=O) groups excluding carboxylic acids is 1. The van der Waals surface area contributed by atoms with Crippen molar-refractivity contribution in [1.82, 2.24) is 29.9 Å². The second kappa shape index (κ2) is 7.81. The number of aromatic nitrogens is 5. The summed E-state index contributed by atoms with van der Waals surface area (Å²) in [5, 5.41) is 22.5. The summed E-state index contributed by atoms with van der Waals surface area (Å²) in [7, 11) is 3.30. The van der Waals surface area contributed by atoms with Crippen LogP contribution in [0.2, 0.25) is 0 Å². The number of amides is 1. The van der Waals surface area contributed by atoms with Gasteiger partial charge in [0.2, 0.25) is 0 Å². The Morgan fingerprint density at radius 1 is 1.24 bits per heavy atom. The average molecular weight is 447 g/mol. The van der Waals surface area contributed by atoms with Crippen LogP contribution in [0, 0.1) is 17.1 Å². The maximum Gasteiger partial charge on any atom is 0.254 e. The molecule has 0 saturated carbocycles. The van der Waals surface area contributed by atoms with Gasteiger partial charge in [-0.1, -0.05) is 0 Å². The van der Waals surface area contributed by atoms with Gasteiger partial charge in [-0.25, -0.2) is 9.37 Å². The number of fused-ring (bicyclic) bond motifs is 8. The van der Waals surface area contributed by atoms with Crippen LogP contribution in [-0.4, -0.2) is 49.4 Å². The largest absolute Gasteiger partial charge is 0.379 e. The molecule has 1 fully saturated rings. The molecule has 168 valence electrons. The van der Waals surface area contributed by atoms with Crippen molar-refractivity contribution in [3.63, 3.8) is 0 Å². The van der Waals surface area contributed by atoms with Crippen molar-refractivity contribution in [3.8, 4) is 17.5 Å². The molecule has 2 aliphatic rings. The lowest BCUT2D eigenvalue weighted by atomic mass is 9.91. The van der Waals surface area contributed by atoms with Crippen molar-refractivity contribution in [3.05, 3.63) is 46.5 Å². The Morgan fingerprint density at radius 3 is 2.85 bits per heavy atom. The lowest BCUT2D eigenvalue weighted by molar-refractivity contribution is 0.0781. The molecule has 33 heavy (non-hydrogen) atoms. The minimum atomic E-state index is -0.415. The monoisotopic (exact) mass is 447 g/mol. The van der Waals surface area contributed by atoms with E-state index in [1.807, 2.05) is 4.90 Å². The molecular formula is C22H22FN9O. The molecule has 0 aliphatic carbocycles. The SMILES string of the molecule is CN1Cc2nn(C)c(C#N)c2-c2nnc(N)c(n2)N2CCCC[C@@H]2c2cc(F)ccc2C1=O. The molecule has 1 saturated heterocycles. The summed E-state index contributed by atoms with van der Waals surface area (Å²) in [6, 6.07) is 6.07. The van der Waals surface area contributed by atoms with Gasteiger partial charge in [-0.2, -0.15) is 10.4 Å². The van der Waals surface area contributed by atoms with Crippen LogP contribution >= 0.6 is 0 Å². The van der Waals surface area contributed by atoms with Crippen LogP contribution in [0.1, 0.15) is 52.6 Å². The molecule has 10 nitrogen and oxygen atoms in total. The fraction of sp³-hybridized carbons (Fsp3) is 0.364. The van der Waals surface area contributed by atoms with Crippen molar-refractivity contribution < 1.29 is 9.18 Å². The van der Waals surface area contributed by atoms with Gasteiger partial charge in [0, 0.05) is 26.2 Å². The topological polar surface area (TPSA) is 130 Å². The van der Waals surface area contributed by atoms with E-state index in [1.54, 1.807) is 14.1 Å². The Bertz CT molecular complexity index is 1310. The van der Waals surface area contributed by atoms with E-state index >= 15 is 0 Å². The van der Waals surface area contributed by atoms with Crippen molar-refractivity contribution in [1.29, 1.82) is 5.26 Å². The highest BCUT2D eigenvalue weighted by Crippen LogP contribution is 2.39. The summed E-state index contributed by atoms with van der Waals surface area (Å²) in [6.07, 6.45) is 2.50. The Hall–Kier alpha value is -4.07. The summed E-state index contributed by atoms with van der Waals surface area (Å²) >= 11 is 0. The van der Waals surface area contributed by atoms with Crippen molar-refractivity contribution in [2.45, 2.75) is 31.8 Å². The molecule has 2 N–H and O–H groups in total.